The van der Waals surface area contributed by atoms with Crippen LogP contribution in [0.4, 0.5) is 11.4 Å². The van der Waals surface area contributed by atoms with Gasteiger partial charge in [0.05, 0.1) is 6.54 Å². The third-order valence-electron chi connectivity index (χ3n) is 3.78. The number of anilines is 2. The lowest BCUT2D eigenvalue weighted by Gasteiger charge is -2.32. The molecule has 2 N–H and O–H groups in total. The van der Waals surface area contributed by atoms with Gasteiger partial charge in [0.25, 0.3) is 0 Å². The summed E-state index contributed by atoms with van der Waals surface area (Å²) in [5.74, 6) is -0.0955. The number of nitrogens with one attached hydrogen (secondary N) is 2. The molecule has 1 heterocycles. The van der Waals surface area contributed by atoms with Gasteiger partial charge in [-0.25, -0.2) is 0 Å². The van der Waals surface area contributed by atoms with Gasteiger partial charge < -0.3 is 10.6 Å². The van der Waals surface area contributed by atoms with Gasteiger partial charge in [-0.15, -0.1) is 0 Å². The van der Waals surface area contributed by atoms with E-state index in [1.807, 2.05) is 0 Å². The molecule has 1 atom stereocenters. The molecule has 1 aromatic rings. The smallest absolute Gasteiger partial charge is 0.238 e. The van der Waals surface area contributed by atoms with Crippen molar-refractivity contribution in [3.05, 3.63) is 24.3 Å². The first kappa shape index (κ1) is 15.5. The van der Waals surface area contributed by atoms with Crippen molar-refractivity contribution in [2.75, 3.05) is 23.7 Å². The molecule has 1 aromatic carbocycles. The summed E-state index contributed by atoms with van der Waals surface area (Å²) in [6.45, 7) is 5.08. The van der Waals surface area contributed by atoms with Crippen LogP contribution in [0.5, 0.6) is 0 Å². The average molecular weight is 289 g/mol. The summed E-state index contributed by atoms with van der Waals surface area (Å²) in [6, 6.07) is 7.62. The Kier molecular flexibility index (Phi) is 5.33. The van der Waals surface area contributed by atoms with E-state index in [2.05, 4.69) is 22.5 Å². The van der Waals surface area contributed by atoms with Crippen LogP contribution < -0.4 is 10.6 Å². The molecular weight excluding hydrogens is 266 g/mol. The van der Waals surface area contributed by atoms with Gasteiger partial charge in [0.1, 0.15) is 0 Å². The number of hydrogen-bond acceptors (Lipinski definition) is 3. The fraction of sp³-hybridized carbons (Fsp3) is 0.500. The number of piperidine rings is 1. The van der Waals surface area contributed by atoms with Crippen LogP contribution in [0, 0.1) is 0 Å². The third-order valence-corrected chi connectivity index (χ3v) is 3.78. The maximum atomic E-state index is 12.1. The van der Waals surface area contributed by atoms with Crippen LogP contribution in [0.25, 0.3) is 0 Å². The van der Waals surface area contributed by atoms with Crippen LogP contribution in [0.3, 0.4) is 0 Å². The Bertz CT molecular complexity index is 499. The van der Waals surface area contributed by atoms with Crippen molar-refractivity contribution in [2.45, 2.75) is 39.2 Å². The first-order valence-electron chi connectivity index (χ1n) is 7.46. The van der Waals surface area contributed by atoms with Crippen molar-refractivity contribution in [2.24, 2.45) is 0 Å². The molecular formula is C16H23N3O2. The van der Waals surface area contributed by atoms with Gasteiger partial charge >= 0.3 is 0 Å². The number of benzene rings is 1. The predicted molar refractivity (Wildman–Crippen MR) is 84.3 cm³/mol. The molecule has 2 rings (SSSR count). The molecule has 2 amide bonds. The minimum absolute atomic E-state index is 0.0102. The third kappa shape index (κ3) is 4.86. The molecule has 0 aromatic heterocycles. The van der Waals surface area contributed by atoms with Crippen LogP contribution >= 0.6 is 0 Å². The lowest BCUT2D eigenvalue weighted by Crippen LogP contribution is -2.42. The van der Waals surface area contributed by atoms with Gasteiger partial charge in [-0.2, -0.15) is 0 Å². The maximum absolute atomic E-state index is 12.1. The maximum Gasteiger partial charge on any atom is 0.238 e. The van der Waals surface area contributed by atoms with Crippen LogP contribution in [-0.4, -0.2) is 35.8 Å². The van der Waals surface area contributed by atoms with E-state index in [9.17, 15) is 9.59 Å². The molecule has 0 saturated carbocycles. The first-order valence-corrected chi connectivity index (χ1v) is 7.46. The number of amides is 2. The number of hydrogen-bond donors (Lipinski definition) is 2. The van der Waals surface area contributed by atoms with E-state index in [0.717, 1.165) is 17.9 Å². The monoisotopic (exact) mass is 289 g/mol. The highest BCUT2D eigenvalue weighted by molar-refractivity contribution is 5.93. The van der Waals surface area contributed by atoms with Gasteiger partial charge in [-0.3, -0.25) is 14.5 Å². The van der Waals surface area contributed by atoms with Crippen molar-refractivity contribution in [1.29, 1.82) is 0 Å². The Morgan fingerprint density at radius 2 is 1.76 bits per heavy atom. The second-order valence-electron chi connectivity index (χ2n) is 5.62. The standard InChI is InChI=1S/C16H23N3O2/c1-12-5-3-4-10-19(12)11-16(21)18-15-8-6-14(7-9-15)17-13(2)20/h6-9,12H,3-5,10-11H2,1-2H3,(H,17,20)(H,18,21). The first-order chi connectivity index (χ1) is 10.0. The average Bonchev–Trinajstić information content (AvgIpc) is 2.43. The van der Waals surface area contributed by atoms with Crippen LogP contribution in [0.2, 0.25) is 0 Å². The quantitative estimate of drug-likeness (QED) is 0.895. The van der Waals surface area contributed by atoms with E-state index < -0.39 is 0 Å². The number of likely N-dealkylation sites (tertiary alicyclic amines) is 1. The van der Waals surface area contributed by atoms with E-state index in [0.29, 0.717) is 12.6 Å². The van der Waals surface area contributed by atoms with Crippen LogP contribution in [0.15, 0.2) is 24.3 Å². The lowest BCUT2D eigenvalue weighted by atomic mass is 10.0. The summed E-state index contributed by atoms with van der Waals surface area (Å²) in [7, 11) is 0. The molecule has 0 bridgehead atoms. The van der Waals surface area contributed by atoms with E-state index in [1.165, 1.54) is 26.2 Å². The molecule has 1 unspecified atom stereocenters. The van der Waals surface area contributed by atoms with Crippen molar-refractivity contribution in [3.63, 3.8) is 0 Å². The van der Waals surface area contributed by atoms with Gasteiger partial charge in [-0.1, -0.05) is 6.42 Å². The zero-order valence-corrected chi connectivity index (χ0v) is 12.7. The highest BCUT2D eigenvalue weighted by Gasteiger charge is 2.20. The molecule has 21 heavy (non-hydrogen) atoms. The summed E-state index contributed by atoms with van der Waals surface area (Å²) in [4.78, 5) is 25.2. The van der Waals surface area contributed by atoms with Gasteiger partial charge in [0, 0.05) is 24.3 Å². The van der Waals surface area contributed by atoms with E-state index in [4.69, 9.17) is 0 Å². The molecule has 0 radical (unpaired) electrons. The van der Waals surface area contributed by atoms with Crippen molar-refractivity contribution >= 4 is 23.2 Å². The Morgan fingerprint density at radius 1 is 1.14 bits per heavy atom. The molecule has 5 nitrogen and oxygen atoms in total. The summed E-state index contributed by atoms with van der Waals surface area (Å²) in [5.41, 5.74) is 1.48. The summed E-state index contributed by atoms with van der Waals surface area (Å²) in [5, 5.41) is 5.59. The Morgan fingerprint density at radius 3 is 2.33 bits per heavy atom. The van der Waals surface area contributed by atoms with Crippen LogP contribution in [-0.2, 0) is 9.59 Å². The highest BCUT2D eigenvalue weighted by Crippen LogP contribution is 2.17. The largest absolute Gasteiger partial charge is 0.326 e. The minimum Gasteiger partial charge on any atom is -0.326 e. The second-order valence-corrected chi connectivity index (χ2v) is 5.62. The van der Waals surface area contributed by atoms with Gasteiger partial charge in [-0.05, 0) is 50.6 Å². The van der Waals surface area contributed by atoms with Crippen molar-refractivity contribution in [3.8, 4) is 0 Å². The second kappa shape index (κ2) is 7.22. The minimum atomic E-state index is -0.106. The zero-order valence-electron chi connectivity index (χ0n) is 12.7. The summed E-state index contributed by atoms with van der Waals surface area (Å²) in [6.07, 6.45) is 3.59. The fourth-order valence-electron chi connectivity index (χ4n) is 2.62. The SMILES string of the molecule is CC(=O)Nc1ccc(NC(=O)CN2CCCCC2C)cc1. The summed E-state index contributed by atoms with van der Waals surface area (Å²) >= 11 is 0. The molecule has 0 spiro atoms. The molecule has 1 fully saturated rings. The lowest BCUT2D eigenvalue weighted by molar-refractivity contribution is -0.118. The van der Waals surface area contributed by atoms with E-state index in [1.54, 1.807) is 24.3 Å². The Labute approximate surface area is 125 Å². The van der Waals surface area contributed by atoms with Crippen molar-refractivity contribution < 1.29 is 9.59 Å². The number of rotatable bonds is 4. The topological polar surface area (TPSA) is 61.4 Å². The number of carbonyl (C=O) groups is 2. The number of nitrogens with zero attached hydrogens (tertiary/aromatic N) is 1. The molecule has 1 aliphatic heterocycles. The number of carbonyl (C=O) groups excluding carboxylic acids is 2. The molecule has 1 aliphatic rings. The molecule has 114 valence electrons. The van der Waals surface area contributed by atoms with Gasteiger partial charge in [0.15, 0.2) is 0 Å². The Hall–Kier alpha value is -1.88. The summed E-state index contributed by atoms with van der Waals surface area (Å²) < 4.78 is 0. The van der Waals surface area contributed by atoms with Gasteiger partial charge in [0.2, 0.25) is 11.8 Å². The Balaban J connectivity index is 1.85. The molecule has 1 saturated heterocycles. The zero-order chi connectivity index (χ0) is 15.2. The normalized spacial score (nSPS) is 19.0. The fourth-order valence-corrected chi connectivity index (χ4v) is 2.62. The van der Waals surface area contributed by atoms with Crippen molar-refractivity contribution in [1.82, 2.24) is 4.90 Å². The van der Waals surface area contributed by atoms with E-state index >= 15 is 0 Å². The van der Waals surface area contributed by atoms with E-state index in [-0.39, 0.29) is 11.8 Å². The highest BCUT2D eigenvalue weighted by atomic mass is 16.2. The molecule has 5 heteroatoms. The predicted octanol–water partition coefficient (Wildman–Crippen LogP) is 2.46. The molecule has 0 aliphatic carbocycles. The van der Waals surface area contributed by atoms with Crippen LogP contribution in [0.1, 0.15) is 33.1 Å².